The zero-order chi connectivity index (χ0) is 14.9. The largest absolute Gasteiger partial charge is 0.376 e. The molecule has 21 heavy (non-hydrogen) atoms. The van der Waals surface area contributed by atoms with E-state index in [4.69, 9.17) is 8.92 Å². The van der Waals surface area contributed by atoms with Crippen LogP contribution in [0.4, 0.5) is 0 Å². The Balaban J connectivity index is 1.65. The van der Waals surface area contributed by atoms with Gasteiger partial charge in [0.15, 0.2) is 11.1 Å². The molecule has 0 N–H and O–H groups in total. The molecular formula is C17H24O3S. The van der Waals surface area contributed by atoms with Gasteiger partial charge in [0.2, 0.25) is 0 Å². The molecule has 0 spiro atoms. The fourth-order valence-corrected chi connectivity index (χ4v) is 3.05. The molecule has 116 valence electrons. The van der Waals surface area contributed by atoms with Crippen molar-refractivity contribution in [3.8, 4) is 0 Å². The van der Waals surface area contributed by atoms with Gasteiger partial charge in [0, 0.05) is 0 Å². The summed E-state index contributed by atoms with van der Waals surface area (Å²) in [7, 11) is 0. The number of benzene rings is 1. The minimum absolute atomic E-state index is 0.311. The Morgan fingerprint density at radius 3 is 2.67 bits per heavy atom. The fraction of sp³-hybridized carbons (Fsp3) is 0.529. The lowest BCUT2D eigenvalue weighted by atomic mass is 10.0. The van der Waals surface area contributed by atoms with Crippen LogP contribution in [0.25, 0.3) is 0 Å². The highest BCUT2D eigenvalue weighted by atomic mass is 32.2. The molecule has 0 radical (unpaired) electrons. The van der Waals surface area contributed by atoms with Crippen LogP contribution in [-0.2, 0) is 20.0 Å². The zero-order valence-corrected chi connectivity index (χ0v) is 13.4. The summed E-state index contributed by atoms with van der Waals surface area (Å²) < 4.78 is 23.1. The van der Waals surface area contributed by atoms with E-state index in [-0.39, 0.29) is 0 Å². The SMILES string of the molecule is Cc1ccc(S(=O)OCCO[C@H]2CC/C=C/CCC2)cc1. The molecular weight excluding hydrogens is 284 g/mol. The highest BCUT2D eigenvalue weighted by Gasteiger charge is 2.10. The van der Waals surface area contributed by atoms with Gasteiger partial charge in [-0.3, -0.25) is 4.18 Å². The normalized spacial score (nSPS) is 22.2. The Bertz CT molecular complexity index is 467. The van der Waals surface area contributed by atoms with E-state index in [2.05, 4.69) is 12.2 Å². The topological polar surface area (TPSA) is 35.5 Å². The van der Waals surface area contributed by atoms with Crippen molar-refractivity contribution >= 4 is 11.1 Å². The summed E-state index contributed by atoms with van der Waals surface area (Å²) in [5, 5.41) is 0. The highest BCUT2D eigenvalue weighted by molar-refractivity contribution is 7.80. The summed E-state index contributed by atoms with van der Waals surface area (Å²) in [4.78, 5) is 0.705. The van der Waals surface area contributed by atoms with Crippen molar-refractivity contribution in [3.05, 3.63) is 42.0 Å². The summed E-state index contributed by atoms with van der Waals surface area (Å²) in [5.41, 5.74) is 1.15. The van der Waals surface area contributed by atoms with E-state index >= 15 is 0 Å². The van der Waals surface area contributed by atoms with Crippen molar-refractivity contribution in [1.82, 2.24) is 0 Å². The van der Waals surface area contributed by atoms with Gasteiger partial charge < -0.3 is 4.74 Å². The first kappa shape index (κ1) is 16.4. The standard InChI is InChI=1S/C17H24O3S/c1-15-9-11-17(12-10-15)21(18)20-14-13-19-16-7-5-3-2-4-6-8-16/h2-3,9-12,16H,4-8,13-14H2,1H3/b3-2+/t16-,21?/m0/s1. The third-order valence-corrected chi connectivity index (χ3v) is 4.60. The van der Waals surface area contributed by atoms with Gasteiger partial charge in [0.25, 0.3) is 0 Å². The lowest BCUT2D eigenvalue weighted by molar-refractivity contribution is 0.0252. The number of allylic oxidation sites excluding steroid dienone is 2. The fourth-order valence-electron chi connectivity index (χ4n) is 2.33. The first-order valence-corrected chi connectivity index (χ1v) is 8.71. The lowest BCUT2D eigenvalue weighted by Crippen LogP contribution is -2.17. The van der Waals surface area contributed by atoms with E-state index in [1.807, 2.05) is 31.2 Å². The second kappa shape index (κ2) is 9.13. The minimum atomic E-state index is -1.40. The van der Waals surface area contributed by atoms with Crippen molar-refractivity contribution in [3.63, 3.8) is 0 Å². The average Bonchev–Trinajstić information content (AvgIpc) is 2.45. The molecule has 3 nitrogen and oxygen atoms in total. The molecule has 2 rings (SSSR count). The smallest absolute Gasteiger partial charge is 0.189 e. The van der Waals surface area contributed by atoms with Gasteiger partial charge in [-0.15, -0.1) is 0 Å². The predicted octanol–water partition coefficient (Wildman–Crippen LogP) is 3.94. The molecule has 0 amide bonds. The molecule has 1 aromatic rings. The molecule has 1 aliphatic rings. The number of rotatable bonds is 6. The Kier molecular flexibility index (Phi) is 7.13. The second-order valence-electron chi connectivity index (χ2n) is 5.34. The van der Waals surface area contributed by atoms with Crippen LogP contribution >= 0.6 is 0 Å². The minimum Gasteiger partial charge on any atom is -0.376 e. The van der Waals surface area contributed by atoms with Crippen LogP contribution in [0.3, 0.4) is 0 Å². The Morgan fingerprint density at radius 1 is 1.10 bits per heavy atom. The van der Waals surface area contributed by atoms with Gasteiger partial charge in [-0.05, 0) is 51.2 Å². The molecule has 0 saturated carbocycles. The summed E-state index contributed by atoms with van der Waals surface area (Å²) >= 11 is -1.40. The summed E-state index contributed by atoms with van der Waals surface area (Å²) in [5.74, 6) is 0. The van der Waals surface area contributed by atoms with Crippen molar-refractivity contribution in [2.45, 2.75) is 50.0 Å². The molecule has 2 atom stereocenters. The molecule has 0 saturated heterocycles. The van der Waals surface area contributed by atoms with Crippen LogP contribution in [0, 0.1) is 6.92 Å². The summed E-state index contributed by atoms with van der Waals surface area (Å²) in [6.07, 6.45) is 10.4. The van der Waals surface area contributed by atoms with Gasteiger partial charge in [-0.2, -0.15) is 0 Å². The second-order valence-corrected chi connectivity index (χ2v) is 6.52. The maximum absolute atomic E-state index is 11.9. The van der Waals surface area contributed by atoms with Crippen LogP contribution in [-0.4, -0.2) is 23.5 Å². The van der Waals surface area contributed by atoms with E-state index in [9.17, 15) is 4.21 Å². The first-order chi connectivity index (χ1) is 10.3. The predicted molar refractivity (Wildman–Crippen MR) is 85.5 cm³/mol. The van der Waals surface area contributed by atoms with E-state index < -0.39 is 11.1 Å². The van der Waals surface area contributed by atoms with Crippen molar-refractivity contribution in [2.75, 3.05) is 13.2 Å². The quantitative estimate of drug-likeness (QED) is 0.590. The molecule has 0 aliphatic heterocycles. The highest BCUT2D eigenvalue weighted by Crippen LogP contribution is 2.15. The van der Waals surface area contributed by atoms with Crippen LogP contribution in [0.1, 0.15) is 37.7 Å². The molecule has 0 fully saturated rings. The van der Waals surface area contributed by atoms with E-state index in [1.54, 1.807) is 0 Å². The molecule has 1 aromatic carbocycles. The molecule has 1 aliphatic carbocycles. The van der Waals surface area contributed by atoms with Crippen LogP contribution < -0.4 is 0 Å². The molecule has 1 unspecified atom stereocenters. The van der Waals surface area contributed by atoms with Crippen molar-refractivity contribution < 1.29 is 13.1 Å². The third kappa shape index (κ3) is 6.12. The summed E-state index contributed by atoms with van der Waals surface area (Å²) in [6, 6.07) is 7.56. The molecule has 4 heteroatoms. The summed E-state index contributed by atoms with van der Waals surface area (Å²) in [6.45, 7) is 2.88. The first-order valence-electron chi connectivity index (χ1n) is 7.64. The van der Waals surface area contributed by atoms with Crippen molar-refractivity contribution in [2.24, 2.45) is 0 Å². The Morgan fingerprint density at radius 2 is 1.86 bits per heavy atom. The van der Waals surface area contributed by atoms with Gasteiger partial charge >= 0.3 is 0 Å². The van der Waals surface area contributed by atoms with E-state index in [1.165, 1.54) is 6.42 Å². The van der Waals surface area contributed by atoms with Gasteiger partial charge in [-0.1, -0.05) is 29.8 Å². The van der Waals surface area contributed by atoms with E-state index in [0.29, 0.717) is 24.2 Å². The van der Waals surface area contributed by atoms with Crippen molar-refractivity contribution in [1.29, 1.82) is 0 Å². The average molecular weight is 308 g/mol. The Hall–Kier alpha value is -0.970. The van der Waals surface area contributed by atoms with Gasteiger partial charge in [0.1, 0.15) is 0 Å². The molecule has 0 heterocycles. The molecule has 0 bridgehead atoms. The number of ether oxygens (including phenoxy) is 1. The van der Waals surface area contributed by atoms with Gasteiger partial charge in [0.05, 0.1) is 24.2 Å². The zero-order valence-electron chi connectivity index (χ0n) is 12.6. The lowest BCUT2D eigenvalue weighted by Gasteiger charge is -2.18. The Labute approximate surface area is 130 Å². The number of hydrogen-bond donors (Lipinski definition) is 0. The third-order valence-electron chi connectivity index (χ3n) is 3.56. The maximum atomic E-state index is 11.9. The van der Waals surface area contributed by atoms with Crippen LogP contribution in [0.5, 0.6) is 0 Å². The van der Waals surface area contributed by atoms with Gasteiger partial charge in [-0.25, -0.2) is 4.21 Å². The number of hydrogen-bond acceptors (Lipinski definition) is 3. The molecule has 0 aromatic heterocycles. The number of aryl methyl sites for hydroxylation is 1. The van der Waals surface area contributed by atoms with Crippen LogP contribution in [0.15, 0.2) is 41.3 Å². The maximum Gasteiger partial charge on any atom is 0.189 e. The van der Waals surface area contributed by atoms with E-state index in [0.717, 1.165) is 31.2 Å². The monoisotopic (exact) mass is 308 g/mol. The van der Waals surface area contributed by atoms with Crippen LogP contribution in [0.2, 0.25) is 0 Å².